The molecule has 0 aliphatic heterocycles. The SMILES string of the molecule is CCOC(=O)/C=C/c1ccc(NC(=O)c2ccc(OC)nc2)cc1. The highest BCUT2D eigenvalue weighted by Crippen LogP contribution is 2.13. The number of nitrogens with zero attached hydrogens (tertiary/aromatic N) is 1. The Balaban J connectivity index is 1.97. The van der Waals surface area contributed by atoms with Gasteiger partial charge in [0.25, 0.3) is 5.91 Å². The molecule has 0 saturated heterocycles. The van der Waals surface area contributed by atoms with Gasteiger partial charge in [0, 0.05) is 24.0 Å². The van der Waals surface area contributed by atoms with Crippen LogP contribution in [0.5, 0.6) is 5.88 Å². The molecule has 2 rings (SSSR count). The zero-order valence-electron chi connectivity index (χ0n) is 13.5. The lowest BCUT2D eigenvalue weighted by Gasteiger charge is -2.06. The van der Waals surface area contributed by atoms with E-state index in [1.807, 2.05) is 0 Å². The Bertz CT molecular complexity index is 722. The number of benzene rings is 1. The summed E-state index contributed by atoms with van der Waals surface area (Å²) in [6.07, 6.45) is 4.46. The number of methoxy groups -OCH3 is 1. The van der Waals surface area contributed by atoms with Gasteiger partial charge in [-0.3, -0.25) is 4.79 Å². The number of hydrogen-bond acceptors (Lipinski definition) is 5. The molecule has 1 N–H and O–H groups in total. The Kier molecular flexibility index (Phi) is 6.08. The van der Waals surface area contributed by atoms with Crippen LogP contribution in [-0.4, -0.2) is 30.6 Å². The average Bonchev–Trinajstić information content (AvgIpc) is 2.61. The highest BCUT2D eigenvalue weighted by Gasteiger charge is 2.06. The second-order valence-electron chi connectivity index (χ2n) is 4.75. The molecule has 0 unspecified atom stereocenters. The van der Waals surface area contributed by atoms with Crippen molar-refractivity contribution in [3.8, 4) is 5.88 Å². The van der Waals surface area contributed by atoms with Crippen molar-refractivity contribution in [1.29, 1.82) is 0 Å². The predicted octanol–water partition coefficient (Wildman–Crippen LogP) is 2.92. The highest BCUT2D eigenvalue weighted by atomic mass is 16.5. The normalized spacial score (nSPS) is 10.4. The summed E-state index contributed by atoms with van der Waals surface area (Å²) >= 11 is 0. The number of amides is 1. The van der Waals surface area contributed by atoms with Crippen LogP contribution in [0.15, 0.2) is 48.7 Å². The number of hydrogen-bond donors (Lipinski definition) is 1. The topological polar surface area (TPSA) is 77.5 Å². The largest absolute Gasteiger partial charge is 0.481 e. The van der Waals surface area contributed by atoms with E-state index in [0.717, 1.165) is 5.56 Å². The molecule has 124 valence electrons. The minimum Gasteiger partial charge on any atom is -0.481 e. The van der Waals surface area contributed by atoms with Crippen LogP contribution in [-0.2, 0) is 9.53 Å². The van der Waals surface area contributed by atoms with E-state index in [1.165, 1.54) is 19.4 Å². The van der Waals surface area contributed by atoms with Crippen LogP contribution in [0.1, 0.15) is 22.8 Å². The van der Waals surface area contributed by atoms with E-state index < -0.39 is 0 Å². The molecule has 0 spiro atoms. The Labute approximate surface area is 140 Å². The summed E-state index contributed by atoms with van der Waals surface area (Å²) in [5.74, 6) is -0.203. The Hall–Kier alpha value is -3.15. The molecule has 1 heterocycles. The van der Waals surface area contributed by atoms with Gasteiger partial charge in [0.05, 0.1) is 19.3 Å². The second kappa shape index (κ2) is 8.47. The maximum atomic E-state index is 12.1. The van der Waals surface area contributed by atoms with E-state index in [1.54, 1.807) is 49.4 Å². The molecule has 1 aromatic carbocycles. The number of rotatable bonds is 6. The van der Waals surface area contributed by atoms with E-state index >= 15 is 0 Å². The quantitative estimate of drug-likeness (QED) is 0.652. The third kappa shape index (κ3) is 4.95. The van der Waals surface area contributed by atoms with Crippen molar-refractivity contribution in [3.05, 3.63) is 59.8 Å². The molecule has 0 radical (unpaired) electrons. The molecule has 6 nitrogen and oxygen atoms in total. The fourth-order valence-electron chi connectivity index (χ4n) is 1.87. The van der Waals surface area contributed by atoms with Crippen molar-refractivity contribution in [3.63, 3.8) is 0 Å². The summed E-state index contributed by atoms with van der Waals surface area (Å²) in [4.78, 5) is 27.4. The summed E-state index contributed by atoms with van der Waals surface area (Å²) in [5.41, 5.74) is 1.90. The Morgan fingerprint density at radius 3 is 2.50 bits per heavy atom. The minimum absolute atomic E-state index is 0.264. The molecule has 24 heavy (non-hydrogen) atoms. The van der Waals surface area contributed by atoms with Gasteiger partial charge in [0.2, 0.25) is 5.88 Å². The first-order chi connectivity index (χ1) is 11.6. The zero-order valence-corrected chi connectivity index (χ0v) is 13.5. The summed E-state index contributed by atoms with van der Waals surface area (Å²) in [6, 6.07) is 10.3. The lowest BCUT2D eigenvalue weighted by Crippen LogP contribution is -2.12. The number of aromatic nitrogens is 1. The average molecular weight is 326 g/mol. The summed E-state index contributed by atoms with van der Waals surface area (Å²) in [5, 5.41) is 2.77. The van der Waals surface area contributed by atoms with Crippen molar-refractivity contribution < 1.29 is 19.1 Å². The third-order valence-corrected chi connectivity index (χ3v) is 3.07. The van der Waals surface area contributed by atoms with Crippen LogP contribution in [0.3, 0.4) is 0 Å². The van der Waals surface area contributed by atoms with Gasteiger partial charge in [0.15, 0.2) is 0 Å². The van der Waals surface area contributed by atoms with Gasteiger partial charge in [-0.2, -0.15) is 0 Å². The van der Waals surface area contributed by atoms with Crippen LogP contribution < -0.4 is 10.1 Å². The van der Waals surface area contributed by atoms with E-state index in [0.29, 0.717) is 23.7 Å². The zero-order chi connectivity index (χ0) is 17.4. The predicted molar refractivity (Wildman–Crippen MR) is 90.9 cm³/mol. The smallest absolute Gasteiger partial charge is 0.330 e. The number of nitrogens with one attached hydrogen (secondary N) is 1. The number of esters is 1. The monoisotopic (exact) mass is 326 g/mol. The molecule has 0 saturated carbocycles. The van der Waals surface area contributed by atoms with E-state index in [9.17, 15) is 9.59 Å². The lowest BCUT2D eigenvalue weighted by molar-refractivity contribution is -0.137. The summed E-state index contributed by atoms with van der Waals surface area (Å²) in [7, 11) is 1.51. The maximum Gasteiger partial charge on any atom is 0.330 e. The van der Waals surface area contributed by atoms with Crippen molar-refractivity contribution in [2.24, 2.45) is 0 Å². The van der Waals surface area contributed by atoms with Gasteiger partial charge in [-0.25, -0.2) is 9.78 Å². The van der Waals surface area contributed by atoms with Crippen molar-refractivity contribution >= 4 is 23.6 Å². The van der Waals surface area contributed by atoms with Crippen molar-refractivity contribution in [2.45, 2.75) is 6.92 Å². The number of ether oxygens (including phenoxy) is 2. The molecular formula is C18H18N2O4. The molecular weight excluding hydrogens is 308 g/mol. The van der Waals surface area contributed by atoms with Crippen molar-refractivity contribution in [2.75, 3.05) is 19.0 Å². The van der Waals surface area contributed by atoms with Crippen LogP contribution >= 0.6 is 0 Å². The van der Waals surface area contributed by atoms with Crippen LogP contribution in [0.4, 0.5) is 5.69 Å². The van der Waals surface area contributed by atoms with E-state index in [2.05, 4.69) is 10.3 Å². The Morgan fingerprint density at radius 1 is 1.17 bits per heavy atom. The molecule has 0 aliphatic carbocycles. The first kappa shape index (κ1) is 17.2. The third-order valence-electron chi connectivity index (χ3n) is 3.07. The van der Waals surface area contributed by atoms with E-state index in [-0.39, 0.29) is 11.9 Å². The molecule has 0 aliphatic rings. The highest BCUT2D eigenvalue weighted by molar-refractivity contribution is 6.04. The number of carbonyl (C=O) groups is 2. The summed E-state index contributed by atoms with van der Waals surface area (Å²) < 4.78 is 9.76. The van der Waals surface area contributed by atoms with Gasteiger partial charge in [-0.1, -0.05) is 12.1 Å². The molecule has 0 fully saturated rings. The second-order valence-corrected chi connectivity index (χ2v) is 4.75. The van der Waals surface area contributed by atoms with Gasteiger partial charge >= 0.3 is 5.97 Å². The minimum atomic E-state index is -0.387. The van der Waals surface area contributed by atoms with E-state index in [4.69, 9.17) is 9.47 Å². The van der Waals surface area contributed by atoms with Gasteiger partial charge in [-0.05, 0) is 36.8 Å². The molecule has 0 atom stereocenters. The molecule has 1 amide bonds. The number of anilines is 1. The molecule has 0 bridgehead atoms. The number of carbonyl (C=O) groups excluding carboxylic acids is 2. The Morgan fingerprint density at radius 2 is 1.92 bits per heavy atom. The van der Waals surface area contributed by atoms with Crippen LogP contribution in [0, 0.1) is 0 Å². The first-order valence-corrected chi connectivity index (χ1v) is 7.38. The van der Waals surface area contributed by atoms with Gasteiger partial charge in [-0.15, -0.1) is 0 Å². The lowest BCUT2D eigenvalue weighted by atomic mass is 10.2. The number of pyridine rings is 1. The molecule has 2 aromatic rings. The molecule has 6 heteroatoms. The van der Waals surface area contributed by atoms with Crippen molar-refractivity contribution in [1.82, 2.24) is 4.98 Å². The standard InChI is InChI=1S/C18H18N2O4/c1-3-24-17(21)11-6-13-4-8-15(9-5-13)20-18(22)14-7-10-16(23-2)19-12-14/h4-12H,3H2,1-2H3,(H,20,22)/b11-6+. The maximum absolute atomic E-state index is 12.1. The van der Waals surface area contributed by atoms with Crippen LogP contribution in [0.2, 0.25) is 0 Å². The first-order valence-electron chi connectivity index (χ1n) is 7.38. The van der Waals surface area contributed by atoms with Crippen LogP contribution in [0.25, 0.3) is 6.08 Å². The van der Waals surface area contributed by atoms with Gasteiger partial charge in [0.1, 0.15) is 0 Å². The van der Waals surface area contributed by atoms with Gasteiger partial charge < -0.3 is 14.8 Å². The molecule has 1 aromatic heterocycles. The summed E-state index contributed by atoms with van der Waals surface area (Å²) in [6.45, 7) is 2.09. The fraction of sp³-hybridized carbons (Fsp3) is 0.167. The fourth-order valence-corrected chi connectivity index (χ4v) is 1.87.